The number of hydrogen-bond acceptors (Lipinski definition) is 0. The molecule has 0 spiro atoms. The molecule has 6 aromatic carbocycles. The van der Waals surface area contributed by atoms with E-state index in [1.807, 2.05) is 0 Å². The van der Waals surface area contributed by atoms with Gasteiger partial charge < -0.3 is 0 Å². The molecule has 0 aromatic heterocycles. The molecular formula is C59H66. The van der Waals surface area contributed by atoms with Gasteiger partial charge in [0, 0.05) is 5.41 Å². The first-order valence-electron chi connectivity index (χ1n) is 23.8. The van der Waals surface area contributed by atoms with E-state index in [1.54, 1.807) is 11.1 Å². The van der Waals surface area contributed by atoms with Crippen LogP contribution in [-0.2, 0) is 43.9 Å². The SMILES string of the molecule is CCCCCCCCC1(CCCCCCCC)c2cc(Cc3cccc(-c4ccc5c(c4)CC5)c3)ccc2-c2ccc(Cc3cccc(-c4ccc5c(c4)CC5)c3)cc21. The minimum atomic E-state index is 0.0632. The van der Waals surface area contributed by atoms with Gasteiger partial charge in [-0.05, 0) is 140 Å². The summed E-state index contributed by atoms with van der Waals surface area (Å²) in [5, 5.41) is 0. The third-order valence-corrected chi connectivity index (χ3v) is 14.5. The lowest BCUT2D eigenvalue weighted by molar-refractivity contribution is 0.397. The molecule has 0 bridgehead atoms. The van der Waals surface area contributed by atoms with Crippen molar-refractivity contribution < 1.29 is 0 Å². The Morgan fingerprint density at radius 1 is 0.356 bits per heavy atom. The van der Waals surface area contributed by atoms with Crippen LogP contribution in [0.3, 0.4) is 0 Å². The molecule has 6 aromatic rings. The molecule has 0 nitrogen and oxygen atoms in total. The zero-order chi connectivity index (χ0) is 40.0. The van der Waals surface area contributed by atoms with E-state index in [0.29, 0.717) is 0 Å². The first-order valence-corrected chi connectivity index (χ1v) is 23.8. The van der Waals surface area contributed by atoms with Crippen LogP contribution in [0.2, 0.25) is 0 Å². The lowest BCUT2D eigenvalue weighted by Gasteiger charge is -2.33. The molecule has 0 saturated carbocycles. The molecule has 59 heavy (non-hydrogen) atoms. The van der Waals surface area contributed by atoms with Gasteiger partial charge in [-0.25, -0.2) is 0 Å². The fourth-order valence-electron chi connectivity index (χ4n) is 10.8. The number of fused-ring (bicyclic) bond motifs is 5. The zero-order valence-corrected chi connectivity index (χ0v) is 36.2. The monoisotopic (exact) mass is 775 g/mol. The Hall–Kier alpha value is -4.68. The Balaban J connectivity index is 1.04. The Morgan fingerprint density at radius 2 is 0.763 bits per heavy atom. The number of aryl methyl sites for hydroxylation is 4. The van der Waals surface area contributed by atoms with Crippen LogP contribution in [0, 0.1) is 0 Å². The molecule has 0 aliphatic heterocycles. The highest BCUT2D eigenvalue weighted by atomic mass is 14.5. The van der Waals surface area contributed by atoms with Crippen LogP contribution >= 0.6 is 0 Å². The van der Waals surface area contributed by atoms with E-state index in [4.69, 9.17) is 0 Å². The molecule has 0 atom stereocenters. The first kappa shape index (κ1) is 39.8. The number of benzene rings is 6. The van der Waals surface area contributed by atoms with Crippen molar-refractivity contribution in [1.82, 2.24) is 0 Å². The molecule has 0 amide bonds. The van der Waals surface area contributed by atoms with Crippen molar-refractivity contribution in [3.63, 3.8) is 0 Å². The molecule has 3 aliphatic carbocycles. The van der Waals surface area contributed by atoms with Gasteiger partial charge in [0.1, 0.15) is 0 Å². The lowest BCUT2D eigenvalue weighted by Crippen LogP contribution is -2.26. The Morgan fingerprint density at radius 3 is 1.19 bits per heavy atom. The van der Waals surface area contributed by atoms with Gasteiger partial charge in [-0.1, -0.05) is 212 Å². The standard InChI is InChI=1S/C59H66/c1-3-5-7-9-11-13-33-59(34-14-12-10-8-6-4-2)57-39-45(35-43-17-15-19-49(37-43)53-29-25-47-23-27-51(47)41-53)21-31-55(57)56-32-22-46(40-58(56)59)36-44-18-16-20-50(38-44)54-30-26-48-24-28-52(48)42-54/h15-22,25-26,29-32,37-42H,3-14,23-24,27-28,33-36H2,1-2H3. The molecule has 0 fully saturated rings. The van der Waals surface area contributed by atoms with E-state index in [1.165, 1.54) is 193 Å². The van der Waals surface area contributed by atoms with Crippen LogP contribution in [0.25, 0.3) is 33.4 Å². The number of rotatable bonds is 20. The molecule has 9 rings (SSSR count). The van der Waals surface area contributed by atoms with Crippen molar-refractivity contribution >= 4 is 0 Å². The average Bonchev–Trinajstić information content (AvgIpc) is 3.49. The van der Waals surface area contributed by atoms with Gasteiger partial charge in [-0.2, -0.15) is 0 Å². The molecule has 302 valence electrons. The smallest absolute Gasteiger partial charge is 0.0215 e. The molecule has 0 heterocycles. The Bertz CT molecular complexity index is 2220. The summed E-state index contributed by atoms with van der Waals surface area (Å²) in [7, 11) is 0. The second kappa shape index (κ2) is 18.3. The summed E-state index contributed by atoms with van der Waals surface area (Å²) in [6.07, 6.45) is 25.5. The van der Waals surface area contributed by atoms with E-state index in [-0.39, 0.29) is 5.41 Å². The van der Waals surface area contributed by atoms with E-state index in [2.05, 4.69) is 135 Å². The second-order valence-electron chi connectivity index (χ2n) is 18.6. The van der Waals surface area contributed by atoms with E-state index < -0.39 is 0 Å². The van der Waals surface area contributed by atoms with Gasteiger partial charge in [0.25, 0.3) is 0 Å². The maximum absolute atomic E-state index is 2.67. The molecule has 0 N–H and O–H groups in total. The summed E-state index contributed by atoms with van der Waals surface area (Å²) in [6, 6.07) is 48.2. The van der Waals surface area contributed by atoms with Gasteiger partial charge >= 0.3 is 0 Å². The van der Waals surface area contributed by atoms with Crippen LogP contribution in [0.5, 0.6) is 0 Å². The van der Waals surface area contributed by atoms with Gasteiger partial charge in [-0.3, -0.25) is 0 Å². The number of unbranched alkanes of at least 4 members (excludes halogenated alkanes) is 10. The highest BCUT2D eigenvalue weighted by molar-refractivity contribution is 5.82. The molecular weight excluding hydrogens is 709 g/mol. The van der Waals surface area contributed by atoms with Crippen molar-refractivity contribution in [2.75, 3.05) is 0 Å². The zero-order valence-electron chi connectivity index (χ0n) is 36.2. The van der Waals surface area contributed by atoms with Crippen molar-refractivity contribution in [3.8, 4) is 33.4 Å². The highest BCUT2D eigenvalue weighted by Crippen LogP contribution is 2.55. The summed E-state index contributed by atoms with van der Waals surface area (Å²) in [4.78, 5) is 0. The van der Waals surface area contributed by atoms with Crippen molar-refractivity contribution in [2.24, 2.45) is 0 Å². The van der Waals surface area contributed by atoms with Gasteiger partial charge in [0.15, 0.2) is 0 Å². The predicted molar refractivity (Wildman–Crippen MR) is 253 cm³/mol. The quantitative estimate of drug-likeness (QED) is 0.0678. The van der Waals surface area contributed by atoms with Crippen molar-refractivity contribution in [3.05, 3.63) is 177 Å². The lowest BCUT2D eigenvalue weighted by atomic mass is 9.70. The van der Waals surface area contributed by atoms with Gasteiger partial charge in [0.05, 0.1) is 0 Å². The van der Waals surface area contributed by atoms with Crippen LogP contribution in [0.1, 0.15) is 159 Å². The van der Waals surface area contributed by atoms with E-state index >= 15 is 0 Å². The fraction of sp³-hybridized carbons (Fsp3) is 0.390. The molecule has 0 heteroatoms. The van der Waals surface area contributed by atoms with Crippen LogP contribution in [0.4, 0.5) is 0 Å². The fourth-order valence-corrected chi connectivity index (χ4v) is 10.8. The summed E-state index contributed by atoms with van der Waals surface area (Å²) >= 11 is 0. The third-order valence-electron chi connectivity index (χ3n) is 14.5. The summed E-state index contributed by atoms with van der Waals surface area (Å²) in [5.41, 5.74) is 23.6. The third kappa shape index (κ3) is 8.66. The van der Waals surface area contributed by atoms with Crippen molar-refractivity contribution in [1.29, 1.82) is 0 Å². The largest absolute Gasteiger partial charge is 0.0654 e. The predicted octanol–water partition coefficient (Wildman–Crippen LogP) is 16.2. The van der Waals surface area contributed by atoms with Crippen LogP contribution in [0.15, 0.2) is 121 Å². The first-order chi connectivity index (χ1) is 29.1. The summed E-state index contributed by atoms with van der Waals surface area (Å²) in [6.45, 7) is 4.67. The van der Waals surface area contributed by atoms with E-state index in [0.717, 1.165) is 12.8 Å². The molecule has 0 unspecified atom stereocenters. The highest BCUT2D eigenvalue weighted by Gasteiger charge is 2.42. The minimum Gasteiger partial charge on any atom is -0.0654 e. The second-order valence-corrected chi connectivity index (χ2v) is 18.6. The van der Waals surface area contributed by atoms with Gasteiger partial charge in [0.2, 0.25) is 0 Å². The maximum atomic E-state index is 2.67. The van der Waals surface area contributed by atoms with E-state index in [9.17, 15) is 0 Å². The average molecular weight is 775 g/mol. The summed E-state index contributed by atoms with van der Waals surface area (Å²) in [5.74, 6) is 0. The number of hydrogen-bond donors (Lipinski definition) is 0. The molecule has 3 aliphatic rings. The normalized spacial score (nSPS) is 14.2. The maximum Gasteiger partial charge on any atom is 0.0215 e. The summed E-state index contributed by atoms with van der Waals surface area (Å²) < 4.78 is 0. The topological polar surface area (TPSA) is 0 Å². The minimum absolute atomic E-state index is 0.0632. The van der Waals surface area contributed by atoms with Crippen LogP contribution < -0.4 is 0 Å². The Kier molecular flexibility index (Phi) is 12.3. The van der Waals surface area contributed by atoms with Crippen LogP contribution in [-0.4, -0.2) is 0 Å². The molecule has 0 radical (unpaired) electrons. The van der Waals surface area contributed by atoms with Crippen molar-refractivity contribution in [2.45, 2.75) is 148 Å². The van der Waals surface area contributed by atoms with Gasteiger partial charge in [-0.15, -0.1) is 0 Å². The molecule has 0 saturated heterocycles. The Labute approximate surface area is 356 Å².